The molecule has 0 atom stereocenters. The van der Waals surface area contributed by atoms with Crippen molar-refractivity contribution in [3.63, 3.8) is 0 Å². The minimum absolute atomic E-state index is 0.144. The van der Waals surface area contributed by atoms with Gasteiger partial charge in [0.25, 0.3) is 5.70 Å². The Morgan fingerprint density at radius 2 is 1.71 bits per heavy atom. The number of hydrogen-bond acceptors (Lipinski definition) is 3. The van der Waals surface area contributed by atoms with E-state index in [2.05, 4.69) is 18.7 Å². The predicted molar refractivity (Wildman–Crippen MR) is 124 cm³/mol. The quantitative estimate of drug-likeness (QED) is 0.301. The standard InChI is InChI=1S/C24H26F2N2O2S/c1-4-6-14-28(15-7-5-2)21-13-9-17(22(25)23(21)26)8-10-18-11-12-19(31-18)16-20(27-3)24(29)30/h8-13,16H,4-7,14-15H2,1-2H3,(H,29,30)/b10-8+,20-16-. The van der Waals surface area contributed by atoms with Gasteiger partial charge in [0.15, 0.2) is 11.6 Å². The van der Waals surface area contributed by atoms with Crippen molar-refractivity contribution in [3.8, 4) is 0 Å². The number of carboxylic acids is 1. The van der Waals surface area contributed by atoms with E-state index >= 15 is 0 Å². The summed E-state index contributed by atoms with van der Waals surface area (Å²) in [6.45, 7) is 12.4. The molecule has 0 aliphatic carbocycles. The summed E-state index contributed by atoms with van der Waals surface area (Å²) in [5, 5.41) is 8.93. The van der Waals surface area contributed by atoms with E-state index in [0.29, 0.717) is 23.7 Å². The average molecular weight is 445 g/mol. The first-order valence-electron chi connectivity index (χ1n) is 10.2. The van der Waals surface area contributed by atoms with Crippen molar-refractivity contribution in [1.29, 1.82) is 0 Å². The molecule has 0 aliphatic rings. The number of rotatable bonds is 11. The SMILES string of the molecule is [C-]#[N+]/C(=C\c1ccc(/C=C/c2ccc(N(CCCC)CCCC)c(F)c2F)s1)C(=O)O. The average Bonchev–Trinajstić information content (AvgIpc) is 3.21. The molecule has 0 saturated heterocycles. The van der Waals surface area contributed by atoms with Crippen molar-refractivity contribution in [2.45, 2.75) is 39.5 Å². The molecule has 0 aliphatic heterocycles. The Balaban J connectivity index is 2.23. The van der Waals surface area contributed by atoms with Gasteiger partial charge in [0, 0.05) is 28.4 Å². The molecule has 2 aromatic rings. The Bertz CT molecular complexity index is 997. The van der Waals surface area contributed by atoms with Crippen molar-refractivity contribution in [2.24, 2.45) is 0 Å². The van der Waals surface area contributed by atoms with E-state index < -0.39 is 17.6 Å². The van der Waals surface area contributed by atoms with Gasteiger partial charge in [0.1, 0.15) is 0 Å². The zero-order chi connectivity index (χ0) is 22.8. The molecule has 4 nitrogen and oxygen atoms in total. The summed E-state index contributed by atoms with van der Waals surface area (Å²) in [6.07, 6.45) is 8.22. The van der Waals surface area contributed by atoms with Gasteiger partial charge in [-0.3, -0.25) is 4.79 Å². The molecule has 1 aromatic heterocycles. The normalized spacial score (nSPS) is 11.6. The van der Waals surface area contributed by atoms with Gasteiger partial charge in [-0.2, -0.15) is 0 Å². The van der Waals surface area contributed by atoms with Gasteiger partial charge in [0.05, 0.1) is 12.3 Å². The number of thiophene rings is 1. The third-order valence-electron chi connectivity index (χ3n) is 4.69. The first kappa shape index (κ1) is 24.3. The number of unbranched alkanes of at least 4 members (excludes halogenated alkanes) is 2. The number of carbonyl (C=O) groups is 1. The van der Waals surface area contributed by atoms with Crippen LogP contribution in [0.25, 0.3) is 23.1 Å². The molecule has 31 heavy (non-hydrogen) atoms. The van der Waals surface area contributed by atoms with Crippen molar-refractivity contribution in [2.75, 3.05) is 18.0 Å². The smallest absolute Gasteiger partial charge is 0.333 e. The Labute approximate surface area is 186 Å². The summed E-state index contributed by atoms with van der Waals surface area (Å²) in [5.41, 5.74) is 0.0577. The molecule has 0 fully saturated rings. The van der Waals surface area contributed by atoms with Gasteiger partial charge in [-0.05, 0) is 49.3 Å². The molecule has 164 valence electrons. The van der Waals surface area contributed by atoms with Gasteiger partial charge in [0.2, 0.25) is 0 Å². The fourth-order valence-corrected chi connectivity index (χ4v) is 3.81. The molecule has 0 saturated carbocycles. The van der Waals surface area contributed by atoms with Crippen LogP contribution in [0.1, 0.15) is 54.8 Å². The van der Waals surface area contributed by atoms with Crippen molar-refractivity contribution >= 4 is 41.2 Å². The van der Waals surface area contributed by atoms with Gasteiger partial charge >= 0.3 is 5.97 Å². The number of hydrogen-bond donors (Lipinski definition) is 1. The van der Waals surface area contributed by atoms with E-state index in [1.807, 2.05) is 4.90 Å². The molecule has 0 spiro atoms. The largest absolute Gasteiger partial charge is 0.486 e. The highest BCUT2D eigenvalue weighted by Gasteiger charge is 2.17. The summed E-state index contributed by atoms with van der Waals surface area (Å²) in [7, 11) is 0. The summed E-state index contributed by atoms with van der Waals surface area (Å²) in [6, 6.07) is 6.61. The van der Waals surface area contributed by atoms with Crippen LogP contribution in [0.4, 0.5) is 14.5 Å². The molecule has 0 bridgehead atoms. The van der Waals surface area contributed by atoms with Crippen molar-refractivity contribution < 1.29 is 18.7 Å². The molecule has 0 amide bonds. The molecule has 0 radical (unpaired) electrons. The van der Waals surface area contributed by atoms with E-state index in [0.717, 1.165) is 30.6 Å². The first-order chi connectivity index (χ1) is 14.9. The topological polar surface area (TPSA) is 44.9 Å². The number of anilines is 1. The van der Waals surface area contributed by atoms with Crippen LogP contribution in [-0.4, -0.2) is 24.2 Å². The highest BCUT2D eigenvalue weighted by Crippen LogP contribution is 2.27. The minimum Gasteiger partial charge on any atom is -0.486 e. The molecule has 1 N–H and O–H groups in total. The van der Waals surface area contributed by atoms with Crippen LogP contribution < -0.4 is 4.90 Å². The van der Waals surface area contributed by atoms with E-state index in [9.17, 15) is 13.6 Å². The van der Waals surface area contributed by atoms with Crippen LogP contribution in [0.15, 0.2) is 30.0 Å². The van der Waals surface area contributed by atoms with E-state index in [4.69, 9.17) is 11.7 Å². The lowest BCUT2D eigenvalue weighted by Crippen LogP contribution is -2.27. The Morgan fingerprint density at radius 1 is 1.06 bits per heavy atom. The summed E-state index contributed by atoms with van der Waals surface area (Å²) in [4.78, 5) is 17.2. The number of aliphatic carboxylic acids is 1. The highest BCUT2D eigenvalue weighted by molar-refractivity contribution is 7.13. The third kappa shape index (κ3) is 6.76. The number of halogens is 2. The second kappa shape index (κ2) is 12.0. The maximum atomic E-state index is 14.8. The molecule has 1 aromatic carbocycles. The van der Waals surface area contributed by atoms with E-state index in [1.54, 1.807) is 30.3 Å². The zero-order valence-electron chi connectivity index (χ0n) is 17.7. The summed E-state index contributed by atoms with van der Waals surface area (Å²) in [5.74, 6) is -3.01. The maximum absolute atomic E-state index is 14.8. The minimum atomic E-state index is -1.29. The van der Waals surface area contributed by atoms with Crippen LogP contribution >= 0.6 is 11.3 Å². The highest BCUT2D eigenvalue weighted by atomic mass is 32.1. The second-order valence-electron chi connectivity index (χ2n) is 7.02. The fourth-order valence-electron chi connectivity index (χ4n) is 2.96. The van der Waals surface area contributed by atoms with E-state index in [-0.39, 0.29) is 11.3 Å². The number of benzene rings is 1. The number of carboxylic acid groups (broad SMARTS) is 1. The second-order valence-corrected chi connectivity index (χ2v) is 8.16. The maximum Gasteiger partial charge on any atom is 0.333 e. The van der Waals surface area contributed by atoms with Crippen molar-refractivity contribution in [3.05, 3.63) is 68.3 Å². The zero-order valence-corrected chi connectivity index (χ0v) is 18.5. The van der Waals surface area contributed by atoms with Crippen LogP contribution in [0, 0.1) is 18.2 Å². The molecule has 0 unspecified atom stereocenters. The lowest BCUT2D eigenvalue weighted by Gasteiger charge is -2.25. The molecule has 1 heterocycles. The Morgan fingerprint density at radius 3 is 2.29 bits per heavy atom. The predicted octanol–water partition coefficient (Wildman–Crippen LogP) is 6.95. The van der Waals surface area contributed by atoms with Gasteiger partial charge < -0.3 is 10.0 Å². The lowest BCUT2D eigenvalue weighted by molar-refractivity contribution is -0.132. The molecule has 7 heteroatoms. The van der Waals surface area contributed by atoms with Crippen LogP contribution in [0.5, 0.6) is 0 Å². The molecular weight excluding hydrogens is 418 g/mol. The van der Waals surface area contributed by atoms with E-state index in [1.165, 1.54) is 23.5 Å². The van der Waals surface area contributed by atoms with Crippen LogP contribution in [-0.2, 0) is 4.79 Å². The van der Waals surface area contributed by atoms with Crippen molar-refractivity contribution in [1.82, 2.24) is 0 Å². The fraction of sp³-hybridized carbons (Fsp3) is 0.333. The summed E-state index contributed by atoms with van der Waals surface area (Å²) >= 11 is 1.26. The lowest BCUT2D eigenvalue weighted by atomic mass is 10.1. The monoisotopic (exact) mass is 444 g/mol. The van der Waals surface area contributed by atoms with Gasteiger partial charge in [-0.15, -0.1) is 11.3 Å². The first-order valence-corrected chi connectivity index (χ1v) is 11.1. The molecular formula is C24H26F2N2O2S. The Hall–Kier alpha value is -2.98. The van der Waals surface area contributed by atoms with Crippen LogP contribution in [0.3, 0.4) is 0 Å². The Kier molecular flexibility index (Phi) is 9.41. The van der Waals surface area contributed by atoms with Gasteiger partial charge in [-0.25, -0.2) is 13.6 Å². The third-order valence-corrected chi connectivity index (χ3v) is 5.69. The van der Waals surface area contributed by atoms with Crippen LogP contribution in [0.2, 0.25) is 0 Å². The number of nitrogens with zero attached hydrogens (tertiary/aromatic N) is 2. The van der Waals surface area contributed by atoms with Gasteiger partial charge in [-0.1, -0.05) is 32.8 Å². The summed E-state index contributed by atoms with van der Waals surface area (Å²) < 4.78 is 29.5. The molecule has 2 rings (SSSR count).